The van der Waals surface area contributed by atoms with E-state index in [-0.39, 0.29) is 5.91 Å². The van der Waals surface area contributed by atoms with E-state index in [0.717, 1.165) is 31.0 Å². The minimum atomic E-state index is -0.149. The number of aromatic nitrogens is 2. The molecule has 1 N–H and O–H groups in total. The summed E-state index contributed by atoms with van der Waals surface area (Å²) in [5.41, 5.74) is 1.59. The molecule has 1 aromatic heterocycles. The van der Waals surface area contributed by atoms with Gasteiger partial charge in [-0.15, -0.1) is 0 Å². The Hall–Kier alpha value is -2.14. The van der Waals surface area contributed by atoms with Crippen molar-refractivity contribution in [2.75, 3.05) is 24.5 Å². The van der Waals surface area contributed by atoms with Crippen molar-refractivity contribution >= 4 is 23.5 Å². The van der Waals surface area contributed by atoms with E-state index in [9.17, 15) is 4.79 Å². The number of nitrogens with zero attached hydrogens (tertiary/aromatic N) is 3. The van der Waals surface area contributed by atoms with E-state index in [0.29, 0.717) is 17.1 Å². The minimum Gasteiger partial charge on any atom is -0.352 e. The van der Waals surface area contributed by atoms with Crippen LogP contribution in [0.5, 0.6) is 0 Å². The lowest BCUT2D eigenvalue weighted by Gasteiger charge is -2.19. The molecule has 0 saturated carbocycles. The normalized spacial score (nSPS) is 14.8. The fraction of sp³-hybridized carbons (Fsp3) is 0.421. The molecule has 132 valence electrons. The zero-order valence-electron chi connectivity index (χ0n) is 14.2. The standard InChI is InChI=1S/C19H23ClN4O/c20-17-7-5-6-15(12-17)8-9-21-18(25)16-13-22-19(23-14-16)24-10-3-1-2-4-11-24/h5-7,12-14H,1-4,8-11H2,(H,21,25). The molecule has 0 spiro atoms. The van der Waals surface area contributed by atoms with E-state index in [1.54, 1.807) is 12.4 Å². The fourth-order valence-electron chi connectivity index (χ4n) is 2.99. The van der Waals surface area contributed by atoms with E-state index in [4.69, 9.17) is 11.6 Å². The van der Waals surface area contributed by atoms with Crippen LogP contribution in [0, 0.1) is 0 Å². The van der Waals surface area contributed by atoms with Gasteiger partial charge in [-0.1, -0.05) is 36.6 Å². The van der Waals surface area contributed by atoms with Gasteiger partial charge in [-0.2, -0.15) is 0 Å². The second-order valence-corrected chi connectivity index (χ2v) is 6.75. The Balaban J connectivity index is 1.51. The third-order valence-corrected chi connectivity index (χ3v) is 4.61. The maximum Gasteiger partial charge on any atom is 0.254 e. The Bertz CT molecular complexity index is 697. The number of halogens is 1. The Morgan fingerprint density at radius 2 is 1.84 bits per heavy atom. The molecule has 2 heterocycles. The summed E-state index contributed by atoms with van der Waals surface area (Å²) in [7, 11) is 0. The molecule has 6 heteroatoms. The lowest BCUT2D eigenvalue weighted by atomic mass is 10.1. The number of carbonyl (C=O) groups excluding carboxylic acids is 1. The van der Waals surface area contributed by atoms with Gasteiger partial charge in [-0.3, -0.25) is 4.79 Å². The molecule has 0 aliphatic carbocycles. The maximum absolute atomic E-state index is 12.2. The first kappa shape index (κ1) is 17.7. The minimum absolute atomic E-state index is 0.149. The Morgan fingerprint density at radius 1 is 1.12 bits per heavy atom. The number of hydrogen-bond donors (Lipinski definition) is 1. The molecule has 0 bridgehead atoms. The van der Waals surface area contributed by atoms with Gasteiger partial charge < -0.3 is 10.2 Å². The van der Waals surface area contributed by atoms with Gasteiger partial charge in [0.05, 0.1) is 5.56 Å². The van der Waals surface area contributed by atoms with Crippen molar-refractivity contribution in [1.29, 1.82) is 0 Å². The van der Waals surface area contributed by atoms with Crippen molar-refractivity contribution in [3.8, 4) is 0 Å². The Morgan fingerprint density at radius 3 is 2.52 bits per heavy atom. The molecular weight excluding hydrogens is 336 g/mol. The topological polar surface area (TPSA) is 58.1 Å². The molecule has 2 aromatic rings. The Kier molecular flexibility index (Phi) is 6.23. The third-order valence-electron chi connectivity index (χ3n) is 4.38. The average molecular weight is 359 g/mol. The summed E-state index contributed by atoms with van der Waals surface area (Å²) in [5.74, 6) is 0.571. The van der Waals surface area contributed by atoms with Crippen molar-refractivity contribution in [2.45, 2.75) is 32.1 Å². The summed E-state index contributed by atoms with van der Waals surface area (Å²) in [4.78, 5) is 23.2. The average Bonchev–Trinajstić information content (AvgIpc) is 2.91. The lowest BCUT2D eigenvalue weighted by Crippen LogP contribution is -2.28. The predicted molar refractivity (Wildman–Crippen MR) is 100 cm³/mol. The molecule has 1 saturated heterocycles. The number of amides is 1. The van der Waals surface area contributed by atoms with E-state index in [1.165, 1.54) is 25.7 Å². The smallest absolute Gasteiger partial charge is 0.254 e. The van der Waals surface area contributed by atoms with Crippen LogP contribution in [0.15, 0.2) is 36.7 Å². The summed E-state index contributed by atoms with van der Waals surface area (Å²) < 4.78 is 0. The highest BCUT2D eigenvalue weighted by molar-refractivity contribution is 6.30. The van der Waals surface area contributed by atoms with Crippen molar-refractivity contribution in [2.24, 2.45) is 0 Å². The third kappa shape index (κ3) is 5.16. The Labute approximate surface area is 153 Å². The highest BCUT2D eigenvalue weighted by Crippen LogP contribution is 2.15. The first-order chi connectivity index (χ1) is 12.2. The van der Waals surface area contributed by atoms with Crippen LogP contribution in [-0.2, 0) is 6.42 Å². The molecule has 1 aromatic carbocycles. The number of rotatable bonds is 5. The number of benzene rings is 1. The summed E-state index contributed by atoms with van der Waals surface area (Å²) in [6, 6.07) is 7.66. The summed E-state index contributed by atoms with van der Waals surface area (Å²) in [6.07, 6.45) is 8.85. The quantitative estimate of drug-likeness (QED) is 0.888. The summed E-state index contributed by atoms with van der Waals surface area (Å²) in [5, 5.41) is 3.61. The number of carbonyl (C=O) groups is 1. The van der Waals surface area contributed by atoms with Gasteiger partial charge in [0, 0.05) is 37.1 Å². The van der Waals surface area contributed by atoms with Gasteiger partial charge in [0.25, 0.3) is 5.91 Å². The van der Waals surface area contributed by atoms with Gasteiger partial charge >= 0.3 is 0 Å². The van der Waals surface area contributed by atoms with Crippen LogP contribution in [0.2, 0.25) is 5.02 Å². The molecule has 0 radical (unpaired) electrons. The first-order valence-electron chi connectivity index (χ1n) is 8.82. The van der Waals surface area contributed by atoms with Crippen molar-refractivity contribution in [3.63, 3.8) is 0 Å². The summed E-state index contributed by atoms with van der Waals surface area (Å²) in [6.45, 7) is 2.53. The molecule has 5 nitrogen and oxygen atoms in total. The van der Waals surface area contributed by atoms with E-state index in [2.05, 4.69) is 20.2 Å². The SMILES string of the molecule is O=C(NCCc1cccc(Cl)c1)c1cnc(N2CCCCCC2)nc1. The second-order valence-electron chi connectivity index (χ2n) is 6.31. The molecule has 1 aliphatic rings. The molecule has 25 heavy (non-hydrogen) atoms. The molecule has 1 amide bonds. The van der Waals surface area contributed by atoms with Gasteiger partial charge in [0.1, 0.15) is 0 Å². The van der Waals surface area contributed by atoms with Crippen molar-refractivity contribution in [3.05, 3.63) is 52.8 Å². The second kappa shape index (κ2) is 8.81. The summed E-state index contributed by atoms with van der Waals surface area (Å²) >= 11 is 5.96. The van der Waals surface area contributed by atoms with Gasteiger partial charge in [0.2, 0.25) is 5.95 Å². The molecule has 0 unspecified atom stereocenters. The van der Waals surface area contributed by atoms with Crippen LogP contribution in [0.1, 0.15) is 41.6 Å². The highest BCUT2D eigenvalue weighted by atomic mass is 35.5. The molecule has 3 rings (SSSR count). The van der Waals surface area contributed by atoms with Crippen LogP contribution in [0.25, 0.3) is 0 Å². The van der Waals surface area contributed by atoms with Crippen LogP contribution < -0.4 is 10.2 Å². The van der Waals surface area contributed by atoms with E-state index in [1.807, 2.05) is 24.3 Å². The molecule has 1 fully saturated rings. The molecular formula is C19H23ClN4O. The van der Waals surface area contributed by atoms with Crippen LogP contribution in [-0.4, -0.2) is 35.5 Å². The van der Waals surface area contributed by atoms with Crippen molar-refractivity contribution in [1.82, 2.24) is 15.3 Å². The first-order valence-corrected chi connectivity index (χ1v) is 9.20. The van der Waals surface area contributed by atoms with Gasteiger partial charge in [-0.05, 0) is 37.0 Å². The zero-order valence-corrected chi connectivity index (χ0v) is 15.0. The number of anilines is 1. The van der Waals surface area contributed by atoms with Crippen molar-refractivity contribution < 1.29 is 4.79 Å². The highest BCUT2D eigenvalue weighted by Gasteiger charge is 2.13. The number of hydrogen-bond acceptors (Lipinski definition) is 4. The predicted octanol–water partition coefficient (Wildman–Crippen LogP) is 3.48. The van der Waals surface area contributed by atoms with E-state index >= 15 is 0 Å². The number of nitrogens with one attached hydrogen (secondary N) is 1. The monoisotopic (exact) mass is 358 g/mol. The zero-order chi connectivity index (χ0) is 17.5. The van der Waals surface area contributed by atoms with E-state index < -0.39 is 0 Å². The lowest BCUT2D eigenvalue weighted by molar-refractivity contribution is 0.0953. The van der Waals surface area contributed by atoms with Gasteiger partial charge in [0.15, 0.2) is 0 Å². The molecule has 0 atom stereocenters. The van der Waals surface area contributed by atoms with Gasteiger partial charge in [-0.25, -0.2) is 9.97 Å². The largest absolute Gasteiger partial charge is 0.352 e. The maximum atomic E-state index is 12.2. The fourth-order valence-corrected chi connectivity index (χ4v) is 3.20. The van der Waals surface area contributed by atoms with Crippen LogP contribution >= 0.6 is 11.6 Å². The molecule has 1 aliphatic heterocycles. The van der Waals surface area contributed by atoms with Crippen LogP contribution in [0.4, 0.5) is 5.95 Å². The van der Waals surface area contributed by atoms with Crippen LogP contribution in [0.3, 0.4) is 0 Å².